The zero-order valence-electron chi connectivity index (χ0n) is 11.8. The van der Waals surface area contributed by atoms with Gasteiger partial charge in [0.15, 0.2) is 0 Å². The molecule has 0 saturated heterocycles. The summed E-state index contributed by atoms with van der Waals surface area (Å²) < 4.78 is 1.65. The largest absolute Gasteiger partial charge is 0.389 e. The predicted octanol–water partition coefficient (Wildman–Crippen LogP) is 0.689. The van der Waals surface area contributed by atoms with Crippen LogP contribution >= 0.6 is 12.2 Å². The average Bonchev–Trinajstić information content (AvgIpc) is 2.61. The van der Waals surface area contributed by atoms with Crippen molar-refractivity contribution >= 4 is 28.9 Å². The van der Waals surface area contributed by atoms with Crippen molar-refractivity contribution in [3.8, 4) is 0 Å². The van der Waals surface area contributed by atoms with Gasteiger partial charge in [-0.3, -0.25) is 9.48 Å². The first-order chi connectivity index (χ1) is 8.88. The lowest BCUT2D eigenvalue weighted by Gasteiger charge is -2.16. The highest BCUT2D eigenvalue weighted by Gasteiger charge is 2.20. The second-order valence-electron chi connectivity index (χ2n) is 4.45. The summed E-state index contributed by atoms with van der Waals surface area (Å²) in [6.07, 6.45) is 0.904. The monoisotopic (exact) mass is 283 g/mol. The van der Waals surface area contributed by atoms with E-state index >= 15 is 0 Å². The van der Waals surface area contributed by atoms with E-state index in [9.17, 15) is 4.79 Å². The van der Waals surface area contributed by atoms with Crippen molar-refractivity contribution in [1.82, 2.24) is 15.1 Å². The lowest BCUT2D eigenvalue weighted by Crippen LogP contribution is -2.38. The third-order valence-corrected chi connectivity index (χ3v) is 2.97. The second kappa shape index (κ2) is 6.51. The Labute approximate surface area is 118 Å². The third kappa shape index (κ3) is 3.66. The molecule has 0 saturated carbocycles. The van der Waals surface area contributed by atoms with Gasteiger partial charge in [0.25, 0.3) is 0 Å². The van der Waals surface area contributed by atoms with Gasteiger partial charge < -0.3 is 16.4 Å². The Balaban J connectivity index is 2.87. The van der Waals surface area contributed by atoms with Crippen LogP contribution in [0, 0.1) is 6.92 Å². The van der Waals surface area contributed by atoms with Crippen LogP contribution in [0.3, 0.4) is 0 Å². The summed E-state index contributed by atoms with van der Waals surface area (Å²) in [4.78, 5) is 12.1. The van der Waals surface area contributed by atoms with Gasteiger partial charge in [0, 0.05) is 13.6 Å². The van der Waals surface area contributed by atoms with Crippen molar-refractivity contribution in [1.29, 1.82) is 0 Å². The molecule has 7 heteroatoms. The summed E-state index contributed by atoms with van der Waals surface area (Å²) in [6, 6.07) is -0.380. The molecule has 0 fully saturated rings. The molecule has 1 aromatic heterocycles. The van der Waals surface area contributed by atoms with E-state index in [0.717, 1.165) is 12.1 Å². The fraction of sp³-hybridized carbons (Fsp3) is 0.583. The lowest BCUT2D eigenvalue weighted by atomic mass is 10.2. The van der Waals surface area contributed by atoms with Gasteiger partial charge in [-0.25, -0.2) is 0 Å². The molecular weight excluding hydrogens is 262 g/mol. The summed E-state index contributed by atoms with van der Waals surface area (Å²) in [5.41, 5.74) is 7.13. The number of hydrogen-bond acceptors (Lipinski definition) is 4. The molecule has 106 valence electrons. The second-order valence-corrected chi connectivity index (χ2v) is 4.89. The Bertz CT molecular complexity index is 483. The highest BCUT2D eigenvalue weighted by molar-refractivity contribution is 7.80. The van der Waals surface area contributed by atoms with Gasteiger partial charge >= 0.3 is 0 Å². The van der Waals surface area contributed by atoms with Crippen LogP contribution in [-0.2, 0) is 11.8 Å². The zero-order chi connectivity index (χ0) is 14.6. The molecule has 1 aromatic rings. The molecule has 4 N–H and O–H groups in total. The van der Waals surface area contributed by atoms with Gasteiger partial charge in [-0.15, -0.1) is 0 Å². The Kier molecular flexibility index (Phi) is 5.29. The number of rotatable bonds is 6. The van der Waals surface area contributed by atoms with Gasteiger partial charge in [-0.2, -0.15) is 5.10 Å². The van der Waals surface area contributed by atoms with Crippen LogP contribution in [0.4, 0.5) is 5.82 Å². The van der Waals surface area contributed by atoms with Crippen LogP contribution in [0.15, 0.2) is 0 Å². The zero-order valence-corrected chi connectivity index (χ0v) is 12.6. The normalized spacial score (nSPS) is 12.0. The molecule has 0 aliphatic rings. The summed E-state index contributed by atoms with van der Waals surface area (Å²) in [5, 5.41) is 10.2. The Hall–Kier alpha value is -1.63. The smallest absolute Gasteiger partial charge is 0.242 e. The quantitative estimate of drug-likeness (QED) is 0.669. The molecule has 19 heavy (non-hydrogen) atoms. The van der Waals surface area contributed by atoms with Gasteiger partial charge in [0.1, 0.15) is 16.8 Å². The summed E-state index contributed by atoms with van der Waals surface area (Å²) >= 11 is 5.02. The molecule has 0 aliphatic heterocycles. The SMILES string of the molecule is CCCNC(=O)C(C)Nc1c(C(N)=S)c(C)nn1C. The molecule has 0 spiro atoms. The van der Waals surface area contributed by atoms with E-state index in [-0.39, 0.29) is 16.9 Å². The molecule has 1 atom stereocenters. The topological polar surface area (TPSA) is 85.0 Å². The molecule has 6 nitrogen and oxygen atoms in total. The third-order valence-electron chi connectivity index (χ3n) is 2.76. The molecule has 1 heterocycles. The summed E-state index contributed by atoms with van der Waals surface area (Å²) in [5.74, 6) is 0.610. The first-order valence-electron chi connectivity index (χ1n) is 6.26. The van der Waals surface area contributed by atoms with Gasteiger partial charge in [-0.1, -0.05) is 19.1 Å². The number of hydrogen-bond donors (Lipinski definition) is 3. The molecule has 1 rings (SSSR count). The summed E-state index contributed by atoms with van der Waals surface area (Å²) in [6.45, 7) is 6.30. The minimum atomic E-state index is -0.380. The molecule has 0 radical (unpaired) electrons. The van der Waals surface area contributed by atoms with Crippen molar-refractivity contribution in [3.63, 3.8) is 0 Å². The number of nitrogens with two attached hydrogens (primary N) is 1. The maximum absolute atomic E-state index is 11.8. The number of carbonyl (C=O) groups excluding carboxylic acids is 1. The van der Waals surface area contributed by atoms with Crippen molar-refractivity contribution in [2.24, 2.45) is 12.8 Å². The van der Waals surface area contributed by atoms with E-state index in [1.807, 2.05) is 13.8 Å². The fourth-order valence-electron chi connectivity index (χ4n) is 1.79. The van der Waals surface area contributed by atoms with Crippen molar-refractivity contribution in [3.05, 3.63) is 11.3 Å². The molecule has 1 unspecified atom stereocenters. The van der Waals surface area contributed by atoms with Crippen LogP contribution in [0.5, 0.6) is 0 Å². The lowest BCUT2D eigenvalue weighted by molar-refractivity contribution is -0.121. The highest BCUT2D eigenvalue weighted by Crippen LogP contribution is 2.19. The van der Waals surface area contributed by atoms with E-state index in [4.69, 9.17) is 18.0 Å². The minimum Gasteiger partial charge on any atom is -0.389 e. The van der Waals surface area contributed by atoms with E-state index in [1.54, 1.807) is 18.7 Å². The first kappa shape index (κ1) is 15.4. The van der Waals surface area contributed by atoms with Crippen molar-refractivity contribution in [2.75, 3.05) is 11.9 Å². The molecule has 0 aliphatic carbocycles. The van der Waals surface area contributed by atoms with E-state index in [0.29, 0.717) is 17.9 Å². The van der Waals surface area contributed by atoms with Gasteiger partial charge in [0.05, 0.1) is 11.3 Å². The molecular formula is C12H21N5OS. The van der Waals surface area contributed by atoms with Crippen LogP contribution < -0.4 is 16.4 Å². The van der Waals surface area contributed by atoms with Crippen LogP contribution in [0.1, 0.15) is 31.5 Å². The number of anilines is 1. The van der Waals surface area contributed by atoms with E-state index in [1.165, 1.54) is 0 Å². The number of amides is 1. The van der Waals surface area contributed by atoms with Gasteiger partial charge in [-0.05, 0) is 20.3 Å². The highest BCUT2D eigenvalue weighted by atomic mass is 32.1. The maximum atomic E-state index is 11.8. The molecule has 1 amide bonds. The molecule has 0 aromatic carbocycles. The van der Waals surface area contributed by atoms with Crippen LogP contribution in [0.25, 0.3) is 0 Å². The number of aryl methyl sites for hydroxylation is 2. The standard InChI is InChI=1S/C12H21N5OS/c1-5-6-14-12(18)8(3)15-11-9(10(13)19)7(2)16-17(11)4/h8,15H,5-6H2,1-4H3,(H2,13,19)(H,14,18). The maximum Gasteiger partial charge on any atom is 0.242 e. The number of carbonyl (C=O) groups is 1. The van der Waals surface area contributed by atoms with Crippen molar-refractivity contribution < 1.29 is 4.79 Å². The van der Waals surface area contributed by atoms with Crippen molar-refractivity contribution in [2.45, 2.75) is 33.2 Å². The predicted molar refractivity (Wildman–Crippen MR) is 80.2 cm³/mol. The number of nitrogens with zero attached hydrogens (tertiary/aromatic N) is 2. The first-order valence-corrected chi connectivity index (χ1v) is 6.66. The van der Waals surface area contributed by atoms with E-state index < -0.39 is 0 Å². The Morgan fingerprint density at radius 1 is 1.58 bits per heavy atom. The molecule has 0 bridgehead atoms. The average molecular weight is 283 g/mol. The van der Waals surface area contributed by atoms with E-state index in [2.05, 4.69) is 15.7 Å². The summed E-state index contributed by atoms with van der Waals surface area (Å²) in [7, 11) is 1.79. The Morgan fingerprint density at radius 3 is 2.74 bits per heavy atom. The number of nitrogens with one attached hydrogen (secondary N) is 2. The minimum absolute atomic E-state index is 0.0606. The van der Waals surface area contributed by atoms with Crippen LogP contribution in [-0.4, -0.2) is 33.3 Å². The Morgan fingerprint density at radius 2 is 2.21 bits per heavy atom. The number of thiocarbonyl (C=S) groups is 1. The van der Waals surface area contributed by atoms with Gasteiger partial charge in [0.2, 0.25) is 5.91 Å². The van der Waals surface area contributed by atoms with Crippen LogP contribution in [0.2, 0.25) is 0 Å². The number of aromatic nitrogens is 2. The fourth-order valence-corrected chi connectivity index (χ4v) is 2.04.